The molecule has 0 radical (unpaired) electrons. The van der Waals surface area contributed by atoms with Crippen LogP contribution in [0.2, 0.25) is 0 Å². The molecule has 5 amide bonds. The number of aromatic nitrogens is 1. The molecule has 2 N–H and O–H groups in total. The monoisotopic (exact) mass is 571 g/mol. The van der Waals surface area contributed by atoms with E-state index in [1.807, 2.05) is 54.6 Å². The SMILES string of the molecule is CC(C)(C)OC(=O)N1Cc2[nH]c3ccccc3c2CC1C(=O)N[C@@H]1CCCN2C(=O)N(Cc3ccccc3)C(=O)C[C@@H]12. The number of urea groups is 1. The van der Waals surface area contributed by atoms with Crippen LogP contribution in [0.25, 0.3) is 10.9 Å². The van der Waals surface area contributed by atoms with Gasteiger partial charge >= 0.3 is 12.1 Å². The zero-order chi connectivity index (χ0) is 29.6. The van der Waals surface area contributed by atoms with Gasteiger partial charge in [-0.25, -0.2) is 9.59 Å². The van der Waals surface area contributed by atoms with Gasteiger partial charge in [-0.05, 0) is 50.8 Å². The predicted octanol–water partition coefficient (Wildman–Crippen LogP) is 4.33. The largest absolute Gasteiger partial charge is 0.444 e. The number of ether oxygens (including phenoxy) is 1. The fourth-order valence-corrected chi connectivity index (χ4v) is 6.42. The number of imide groups is 1. The van der Waals surface area contributed by atoms with Crippen LogP contribution in [0.5, 0.6) is 0 Å². The van der Waals surface area contributed by atoms with Gasteiger partial charge in [0.05, 0.1) is 19.1 Å². The normalized spacial score (nSPS) is 22.5. The van der Waals surface area contributed by atoms with Crippen LogP contribution >= 0.6 is 0 Å². The van der Waals surface area contributed by atoms with E-state index in [1.54, 1.807) is 25.7 Å². The highest BCUT2D eigenvalue weighted by molar-refractivity contribution is 5.98. The summed E-state index contributed by atoms with van der Waals surface area (Å²) in [7, 11) is 0. The molecule has 2 saturated heterocycles. The molecule has 0 bridgehead atoms. The van der Waals surface area contributed by atoms with Gasteiger partial charge in [0.1, 0.15) is 11.6 Å². The maximum absolute atomic E-state index is 14.0. The van der Waals surface area contributed by atoms with Crippen molar-refractivity contribution in [1.29, 1.82) is 0 Å². The first-order chi connectivity index (χ1) is 20.1. The van der Waals surface area contributed by atoms with E-state index in [4.69, 9.17) is 4.74 Å². The Labute approximate surface area is 245 Å². The van der Waals surface area contributed by atoms with Crippen molar-refractivity contribution < 1.29 is 23.9 Å². The van der Waals surface area contributed by atoms with Crippen molar-refractivity contribution in [1.82, 2.24) is 25.0 Å². The highest BCUT2D eigenvalue weighted by atomic mass is 16.6. The number of amides is 5. The Morgan fingerprint density at radius 2 is 1.76 bits per heavy atom. The second kappa shape index (κ2) is 10.8. The second-order valence-electron chi connectivity index (χ2n) is 12.4. The first kappa shape index (κ1) is 27.8. The lowest BCUT2D eigenvalue weighted by atomic mass is 9.90. The summed E-state index contributed by atoms with van der Waals surface area (Å²) in [5.41, 5.74) is 3.01. The van der Waals surface area contributed by atoms with Crippen LogP contribution in [0.4, 0.5) is 9.59 Å². The fraction of sp³-hybridized carbons (Fsp3) is 0.438. The van der Waals surface area contributed by atoms with Crippen LogP contribution in [0.3, 0.4) is 0 Å². The second-order valence-corrected chi connectivity index (χ2v) is 12.4. The Bertz CT molecular complexity index is 1530. The molecule has 10 nitrogen and oxygen atoms in total. The summed E-state index contributed by atoms with van der Waals surface area (Å²) >= 11 is 0. The molecular weight excluding hydrogens is 534 g/mol. The van der Waals surface area contributed by atoms with Gasteiger partial charge in [-0.1, -0.05) is 48.5 Å². The molecule has 4 heterocycles. The Morgan fingerprint density at radius 1 is 1.02 bits per heavy atom. The predicted molar refractivity (Wildman–Crippen MR) is 156 cm³/mol. The lowest BCUT2D eigenvalue weighted by Gasteiger charge is -2.47. The number of hydrogen-bond donors (Lipinski definition) is 2. The number of nitrogens with one attached hydrogen (secondary N) is 2. The number of H-pyrrole nitrogens is 1. The average molecular weight is 572 g/mol. The number of piperidine rings is 1. The molecular formula is C32H37N5O5. The Morgan fingerprint density at radius 3 is 2.52 bits per heavy atom. The highest BCUT2D eigenvalue weighted by Gasteiger charge is 2.46. The third-order valence-electron chi connectivity index (χ3n) is 8.39. The van der Waals surface area contributed by atoms with E-state index in [2.05, 4.69) is 10.3 Å². The molecule has 2 aromatic carbocycles. The number of carbonyl (C=O) groups excluding carboxylic acids is 4. The van der Waals surface area contributed by atoms with Crippen LogP contribution < -0.4 is 5.32 Å². The summed E-state index contributed by atoms with van der Waals surface area (Å²) < 4.78 is 5.70. The minimum Gasteiger partial charge on any atom is -0.444 e. The van der Waals surface area contributed by atoms with Gasteiger partial charge in [0, 0.05) is 42.0 Å². The Kier molecular flexibility index (Phi) is 7.16. The van der Waals surface area contributed by atoms with Crippen LogP contribution in [0, 0.1) is 0 Å². The van der Waals surface area contributed by atoms with Crippen molar-refractivity contribution in [2.24, 2.45) is 0 Å². The van der Waals surface area contributed by atoms with E-state index in [0.29, 0.717) is 25.8 Å². The highest BCUT2D eigenvalue weighted by Crippen LogP contribution is 2.33. The van der Waals surface area contributed by atoms with Crippen LogP contribution in [0.1, 0.15) is 56.9 Å². The summed E-state index contributed by atoms with van der Waals surface area (Å²) in [6, 6.07) is 15.4. The van der Waals surface area contributed by atoms with Crippen molar-refractivity contribution in [3.63, 3.8) is 0 Å². The number of hydrogen-bond acceptors (Lipinski definition) is 5. The lowest BCUT2D eigenvalue weighted by Crippen LogP contribution is -2.66. The summed E-state index contributed by atoms with van der Waals surface area (Å²) in [5.74, 6) is -0.557. The molecule has 0 spiro atoms. The third-order valence-corrected chi connectivity index (χ3v) is 8.39. The van der Waals surface area contributed by atoms with Gasteiger partial charge in [0.25, 0.3) is 0 Å². The van der Waals surface area contributed by atoms with Gasteiger partial charge in [-0.2, -0.15) is 0 Å². The molecule has 3 atom stereocenters. The van der Waals surface area contributed by atoms with E-state index in [1.165, 1.54) is 9.80 Å². The van der Waals surface area contributed by atoms with Crippen LogP contribution in [0.15, 0.2) is 54.6 Å². The number of benzene rings is 2. The van der Waals surface area contributed by atoms with Crippen LogP contribution in [-0.4, -0.2) is 73.9 Å². The number of para-hydroxylation sites is 1. The molecule has 6 rings (SSSR count). The molecule has 1 aromatic heterocycles. The number of nitrogens with zero attached hydrogens (tertiary/aromatic N) is 3. The van der Waals surface area contributed by atoms with Crippen LogP contribution in [-0.2, 0) is 33.8 Å². The van der Waals surface area contributed by atoms with Gasteiger partial charge in [-0.3, -0.25) is 19.4 Å². The molecule has 2 fully saturated rings. The molecule has 1 unspecified atom stereocenters. The quantitative estimate of drug-likeness (QED) is 0.484. The number of rotatable bonds is 4. The molecule has 220 valence electrons. The molecule has 0 saturated carbocycles. The van der Waals surface area contributed by atoms with E-state index in [9.17, 15) is 19.2 Å². The molecule has 3 aliphatic rings. The third kappa shape index (κ3) is 5.33. The standard InChI is InChI=1S/C32H37N5O5/c1-32(2,3)42-31(41)36-19-25-22(21-12-7-8-13-23(21)33-25)16-27(36)29(39)34-24-14-9-15-35-26(24)17-28(38)37(30(35)40)18-20-10-5-4-6-11-20/h4-8,10-13,24,26-27,33H,9,14-19H2,1-3H3,(H,34,39)/t24-,26+,27?/m1/s1. The number of aromatic amines is 1. The maximum Gasteiger partial charge on any atom is 0.411 e. The van der Waals surface area contributed by atoms with Gasteiger partial charge in [0.15, 0.2) is 0 Å². The molecule has 42 heavy (non-hydrogen) atoms. The number of carbonyl (C=O) groups is 4. The molecule has 10 heteroatoms. The summed E-state index contributed by atoms with van der Waals surface area (Å²) in [6.07, 6.45) is 1.25. The van der Waals surface area contributed by atoms with E-state index >= 15 is 0 Å². The number of fused-ring (bicyclic) bond motifs is 4. The lowest BCUT2D eigenvalue weighted by molar-refractivity contribution is -0.136. The molecule has 3 aromatic rings. The first-order valence-electron chi connectivity index (χ1n) is 14.6. The van der Waals surface area contributed by atoms with E-state index in [0.717, 1.165) is 27.7 Å². The zero-order valence-corrected chi connectivity index (χ0v) is 24.3. The first-order valence-corrected chi connectivity index (χ1v) is 14.6. The van der Waals surface area contributed by atoms with Crippen molar-refractivity contribution in [3.8, 4) is 0 Å². The topological polar surface area (TPSA) is 115 Å². The Hall–Kier alpha value is -4.34. The van der Waals surface area contributed by atoms with E-state index < -0.39 is 29.8 Å². The zero-order valence-electron chi connectivity index (χ0n) is 24.3. The summed E-state index contributed by atoms with van der Waals surface area (Å²) in [5, 5.41) is 4.18. The van der Waals surface area contributed by atoms with Gasteiger partial charge in [-0.15, -0.1) is 0 Å². The minimum atomic E-state index is -0.800. The molecule has 0 aliphatic carbocycles. The van der Waals surface area contributed by atoms with Gasteiger partial charge < -0.3 is 19.9 Å². The van der Waals surface area contributed by atoms with Gasteiger partial charge in [0.2, 0.25) is 11.8 Å². The van der Waals surface area contributed by atoms with Crippen molar-refractivity contribution >= 4 is 34.8 Å². The average Bonchev–Trinajstić information content (AvgIpc) is 3.32. The Balaban J connectivity index is 1.22. The maximum atomic E-state index is 14.0. The van der Waals surface area contributed by atoms with Crippen molar-refractivity contribution in [2.45, 2.75) is 83.3 Å². The summed E-state index contributed by atoms with van der Waals surface area (Å²) in [4.78, 5) is 61.9. The van der Waals surface area contributed by atoms with Crippen molar-refractivity contribution in [2.75, 3.05) is 6.54 Å². The fourth-order valence-electron chi connectivity index (χ4n) is 6.42. The minimum absolute atomic E-state index is 0.135. The van der Waals surface area contributed by atoms with E-state index in [-0.39, 0.29) is 37.4 Å². The van der Waals surface area contributed by atoms with Crippen molar-refractivity contribution in [3.05, 3.63) is 71.4 Å². The molecule has 3 aliphatic heterocycles. The summed E-state index contributed by atoms with van der Waals surface area (Å²) in [6.45, 7) is 6.36. The smallest absolute Gasteiger partial charge is 0.411 e.